The van der Waals surface area contributed by atoms with Crippen molar-refractivity contribution in [2.75, 3.05) is 0 Å². The third kappa shape index (κ3) is 2.59. The predicted molar refractivity (Wildman–Crippen MR) is 79.7 cm³/mol. The fourth-order valence-corrected chi connectivity index (χ4v) is 2.57. The second kappa shape index (κ2) is 4.99. The molecule has 19 heavy (non-hydrogen) atoms. The summed E-state index contributed by atoms with van der Waals surface area (Å²) in [6.07, 6.45) is 3.95. The average molecular weight is 289 g/mol. The first-order valence-electron chi connectivity index (χ1n) is 5.66. The molecule has 6 heteroatoms. The lowest BCUT2D eigenvalue weighted by Crippen LogP contribution is -2.08. The number of aromatic nitrogens is 2. The number of fused-ring (bicyclic) bond motifs is 1. The Hall–Kier alpha value is -1.92. The molecule has 0 radical (unpaired) electrons. The molecule has 3 rings (SSSR count). The SMILES string of the molecule is NC(=S)c1ccc(OCc2cn3ccsc3n2)cc1. The number of imidazole rings is 1. The summed E-state index contributed by atoms with van der Waals surface area (Å²) >= 11 is 6.50. The Morgan fingerprint density at radius 1 is 1.37 bits per heavy atom. The van der Waals surface area contributed by atoms with Gasteiger partial charge in [-0.2, -0.15) is 0 Å². The molecular weight excluding hydrogens is 278 g/mol. The highest BCUT2D eigenvalue weighted by atomic mass is 32.1. The van der Waals surface area contributed by atoms with Crippen molar-refractivity contribution in [3.05, 3.63) is 53.3 Å². The van der Waals surface area contributed by atoms with Crippen molar-refractivity contribution in [2.45, 2.75) is 6.61 Å². The molecule has 0 fully saturated rings. The lowest BCUT2D eigenvalue weighted by Gasteiger charge is -2.04. The van der Waals surface area contributed by atoms with E-state index >= 15 is 0 Å². The molecule has 96 valence electrons. The highest BCUT2D eigenvalue weighted by Crippen LogP contribution is 2.16. The van der Waals surface area contributed by atoms with E-state index in [4.69, 9.17) is 22.7 Å². The first-order chi connectivity index (χ1) is 9.22. The van der Waals surface area contributed by atoms with Gasteiger partial charge in [0.15, 0.2) is 4.96 Å². The topological polar surface area (TPSA) is 52.5 Å². The Morgan fingerprint density at radius 3 is 2.84 bits per heavy atom. The average Bonchev–Trinajstić information content (AvgIpc) is 2.97. The molecule has 3 aromatic rings. The minimum absolute atomic E-state index is 0.390. The highest BCUT2D eigenvalue weighted by molar-refractivity contribution is 7.80. The van der Waals surface area contributed by atoms with Crippen LogP contribution in [0.15, 0.2) is 42.0 Å². The summed E-state index contributed by atoms with van der Waals surface area (Å²) in [5.74, 6) is 0.774. The van der Waals surface area contributed by atoms with E-state index in [9.17, 15) is 0 Å². The summed E-state index contributed by atoms with van der Waals surface area (Å²) in [5, 5.41) is 2.00. The normalized spacial score (nSPS) is 10.7. The Balaban J connectivity index is 1.68. The third-order valence-corrected chi connectivity index (χ3v) is 3.68. The fourth-order valence-electron chi connectivity index (χ4n) is 1.72. The van der Waals surface area contributed by atoms with E-state index in [-0.39, 0.29) is 0 Å². The summed E-state index contributed by atoms with van der Waals surface area (Å²) in [4.78, 5) is 5.81. The van der Waals surface area contributed by atoms with Gasteiger partial charge in [0.05, 0.1) is 5.69 Å². The van der Waals surface area contributed by atoms with Crippen molar-refractivity contribution in [2.24, 2.45) is 5.73 Å². The Morgan fingerprint density at radius 2 is 2.16 bits per heavy atom. The molecule has 0 unspecified atom stereocenters. The zero-order valence-corrected chi connectivity index (χ0v) is 11.6. The molecule has 2 N–H and O–H groups in total. The minimum atomic E-state index is 0.390. The van der Waals surface area contributed by atoms with Gasteiger partial charge in [0, 0.05) is 23.3 Å². The fraction of sp³-hybridized carbons (Fsp3) is 0.0769. The number of thiazole rings is 1. The largest absolute Gasteiger partial charge is 0.487 e. The zero-order chi connectivity index (χ0) is 13.2. The number of nitrogens with zero attached hydrogens (tertiary/aromatic N) is 2. The lowest BCUT2D eigenvalue weighted by molar-refractivity contribution is 0.302. The van der Waals surface area contributed by atoms with Crippen LogP contribution in [0.25, 0.3) is 4.96 Å². The van der Waals surface area contributed by atoms with Crippen LogP contribution >= 0.6 is 23.6 Å². The number of ether oxygens (including phenoxy) is 1. The summed E-state index contributed by atoms with van der Waals surface area (Å²) in [5.41, 5.74) is 7.28. The number of nitrogens with two attached hydrogens (primary N) is 1. The van der Waals surface area contributed by atoms with Gasteiger partial charge in [-0.1, -0.05) is 12.2 Å². The van der Waals surface area contributed by atoms with Crippen molar-refractivity contribution >= 4 is 33.5 Å². The quantitative estimate of drug-likeness (QED) is 0.750. The third-order valence-electron chi connectivity index (χ3n) is 2.67. The Kier molecular flexibility index (Phi) is 3.18. The van der Waals surface area contributed by atoms with Gasteiger partial charge in [0.1, 0.15) is 17.3 Å². The standard InChI is InChI=1S/C13H11N3OS2/c14-12(18)9-1-3-11(4-2-9)17-8-10-7-16-5-6-19-13(16)15-10/h1-7H,8H2,(H2,14,18). The van der Waals surface area contributed by atoms with E-state index in [0.717, 1.165) is 22.0 Å². The van der Waals surface area contributed by atoms with Crippen LogP contribution in [0.5, 0.6) is 5.75 Å². The maximum Gasteiger partial charge on any atom is 0.193 e. The van der Waals surface area contributed by atoms with Crippen molar-refractivity contribution in [1.82, 2.24) is 9.38 Å². The van der Waals surface area contributed by atoms with E-state index in [0.29, 0.717) is 11.6 Å². The molecule has 2 aromatic heterocycles. The van der Waals surface area contributed by atoms with Crippen LogP contribution in [0.3, 0.4) is 0 Å². The van der Waals surface area contributed by atoms with E-state index in [1.54, 1.807) is 11.3 Å². The number of thiocarbonyl (C=S) groups is 1. The van der Waals surface area contributed by atoms with Gasteiger partial charge in [-0.3, -0.25) is 4.40 Å². The number of benzene rings is 1. The van der Waals surface area contributed by atoms with Crippen LogP contribution in [0.2, 0.25) is 0 Å². The predicted octanol–water partition coefficient (Wildman–Crippen LogP) is 2.61. The second-order valence-corrected chi connectivity index (χ2v) is 5.32. The van der Waals surface area contributed by atoms with Gasteiger partial charge >= 0.3 is 0 Å². The summed E-state index contributed by atoms with van der Waals surface area (Å²) in [6, 6.07) is 7.41. The lowest BCUT2D eigenvalue weighted by atomic mass is 10.2. The molecule has 0 saturated heterocycles. The van der Waals surface area contributed by atoms with Gasteiger partial charge in [-0.15, -0.1) is 11.3 Å². The molecule has 0 amide bonds. The maximum atomic E-state index is 5.67. The number of hydrogen-bond donors (Lipinski definition) is 1. The van der Waals surface area contributed by atoms with Crippen molar-refractivity contribution in [3.8, 4) is 5.75 Å². The number of rotatable bonds is 4. The molecule has 0 bridgehead atoms. The maximum absolute atomic E-state index is 5.67. The van der Waals surface area contributed by atoms with Gasteiger partial charge < -0.3 is 10.5 Å². The second-order valence-electron chi connectivity index (χ2n) is 4.00. The zero-order valence-electron chi connectivity index (χ0n) is 9.95. The molecule has 0 atom stereocenters. The minimum Gasteiger partial charge on any atom is -0.487 e. The van der Waals surface area contributed by atoms with E-state index in [1.807, 2.05) is 46.4 Å². The van der Waals surface area contributed by atoms with E-state index in [2.05, 4.69) is 4.98 Å². The van der Waals surface area contributed by atoms with E-state index < -0.39 is 0 Å². The van der Waals surface area contributed by atoms with Crippen molar-refractivity contribution in [1.29, 1.82) is 0 Å². The molecule has 2 heterocycles. The van der Waals surface area contributed by atoms with Crippen LogP contribution in [0.4, 0.5) is 0 Å². The first-order valence-corrected chi connectivity index (χ1v) is 6.95. The summed E-state index contributed by atoms with van der Waals surface area (Å²) in [7, 11) is 0. The smallest absolute Gasteiger partial charge is 0.193 e. The van der Waals surface area contributed by atoms with E-state index in [1.165, 1.54) is 0 Å². The number of hydrogen-bond acceptors (Lipinski definition) is 4. The van der Waals surface area contributed by atoms with Crippen molar-refractivity contribution < 1.29 is 4.74 Å². The van der Waals surface area contributed by atoms with Crippen LogP contribution < -0.4 is 10.5 Å². The monoisotopic (exact) mass is 289 g/mol. The first kappa shape index (κ1) is 12.1. The summed E-state index contributed by atoms with van der Waals surface area (Å²) in [6.45, 7) is 0.445. The molecule has 0 aliphatic carbocycles. The van der Waals surface area contributed by atoms with Gasteiger partial charge in [0.25, 0.3) is 0 Å². The summed E-state index contributed by atoms with van der Waals surface area (Å²) < 4.78 is 7.66. The van der Waals surface area contributed by atoms with Gasteiger partial charge in [0.2, 0.25) is 0 Å². The highest BCUT2D eigenvalue weighted by Gasteiger charge is 2.03. The molecule has 4 nitrogen and oxygen atoms in total. The molecule has 0 aliphatic heterocycles. The van der Waals surface area contributed by atoms with Crippen LogP contribution in [-0.4, -0.2) is 14.4 Å². The van der Waals surface area contributed by atoms with Gasteiger partial charge in [-0.05, 0) is 24.3 Å². The van der Waals surface area contributed by atoms with Gasteiger partial charge in [-0.25, -0.2) is 4.98 Å². The van der Waals surface area contributed by atoms with Crippen LogP contribution in [0, 0.1) is 0 Å². The van der Waals surface area contributed by atoms with Crippen LogP contribution in [-0.2, 0) is 6.61 Å². The molecule has 0 spiro atoms. The molecule has 1 aromatic carbocycles. The Bertz CT molecular complexity index is 686. The molecule has 0 aliphatic rings. The van der Waals surface area contributed by atoms with Crippen LogP contribution in [0.1, 0.15) is 11.3 Å². The Labute approximate surface area is 119 Å². The van der Waals surface area contributed by atoms with Crippen molar-refractivity contribution in [3.63, 3.8) is 0 Å². The molecular formula is C13H11N3OS2. The molecule has 0 saturated carbocycles.